The van der Waals surface area contributed by atoms with Crippen LogP contribution in [0.5, 0.6) is 0 Å². The quantitative estimate of drug-likeness (QED) is 0.473. The summed E-state index contributed by atoms with van der Waals surface area (Å²) < 4.78 is 0. The highest BCUT2D eigenvalue weighted by Crippen LogP contribution is 2.00. The van der Waals surface area contributed by atoms with Gasteiger partial charge in [-0.2, -0.15) is 0 Å². The van der Waals surface area contributed by atoms with Gasteiger partial charge in [0.15, 0.2) is 0 Å². The van der Waals surface area contributed by atoms with Crippen molar-refractivity contribution in [1.82, 2.24) is 0 Å². The lowest BCUT2D eigenvalue weighted by molar-refractivity contribution is 0.910. The molecule has 0 saturated heterocycles. The molecule has 0 aromatic rings. The summed E-state index contributed by atoms with van der Waals surface area (Å²) >= 11 is 5.55. The SMILES string of the molecule is C[CH]CC(C)Cl. The second-order valence-electron chi connectivity index (χ2n) is 1.42. The zero-order chi connectivity index (χ0) is 4.99. The van der Waals surface area contributed by atoms with Gasteiger partial charge in [0.2, 0.25) is 0 Å². The molecule has 0 aliphatic carbocycles. The topological polar surface area (TPSA) is 0 Å². The van der Waals surface area contributed by atoms with Crippen molar-refractivity contribution in [3.05, 3.63) is 6.42 Å². The van der Waals surface area contributed by atoms with E-state index in [1.807, 2.05) is 13.8 Å². The molecule has 1 radical (unpaired) electrons. The Kier molecular flexibility index (Phi) is 3.65. The van der Waals surface area contributed by atoms with E-state index in [1.54, 1.807) is 0 Å². The minimum Gasteiger partial charge on any atom is -0.123 e. The summed E-state index contributed by atoms with van der Waals surface area (Å²) in [5.74, 6) is 0. The highest BCUT2D eigenvalue weighted by molar-refractivity contribution is 6.20. The Hall–Kier alpha value is 0.290. The van der Waals surface area contributed by atoms with E-state index in [1.165, 1.54) is 0 Å². The summed E-state index contributed by atoms with van der Waals surface area (Å²) in [7, 11) is 0. The van der Waals surface area contributed by atoms with Gasteiger partial charge < -0.3 is 0 Å². The Morgan fingerprint density at radius 2 is 2.33 bits per heavy atom. The maximum atomic E-state index is 5.55. The van der Waals surface area contributed by atoms with E-state index in [0.717, 1.165) is 6.42 Å². The van der Waals surface area contributed by atoms with Crippen molar-refractivity contribution in [2.45, 2.75) is 25.6 Å². The molecule has 0 bridgehead atoms. The van der Waals surface area contributed by atoms with E-state index in [2.05, 4.69) is 6.42 Å². The molecule has 6 heavy (non-hydrogen) atoms. The second-order valence-corrected chi connectivity index (χ2v) is 2.17. The predicted octanol–water partition coefficient (Wildman–Crippen LogP) is 2.23. The lowest BCUT2D eigenvalue weighted by Gasteiger charge is -1.92. The minimum atomic E-state index is 0.315. The summed E-state index contributed by atoms with van der Waals surface area (Å²) in [6, 6.07) is 0. The van der Waals surface area contributed by atoms with Crippen molar-refractivity contribution in [2.75, 3.05) is 0 Å². The highest BCUT2D eigenvalue weighted by Gasteiger charge is 1.88. The van der Waals surface area contributed by atoms with Crippen LogP contribution in [-0.2, 0) is 0 Å². The van der Waals surface area contributed by atoms with Crippen LogP contribution in [0, 0.1) is 6.42 Å². The molecule has 0 aliphatic rings. The standard InChI is InChI=1S/C5H10Cl/c1-3-4-5(2)6/h3,5H,4H2,1-2H3. The summed E-state index contributed by atoms with van der Waals surface area (Å²) in [5.41, 5.74) is 0. The van der Waals surface area contributed by atoms with Crippen LogP contribution >= 0.6 is 11.6 Å². The Morgan fingerprint density at radius 3 is 2.33 bits per heavy atom. The zero-order valence-electron chi connectivity index (χ0n) is 4.24. The first-order valence-electron chi connectivity index (χ1n) is 2.19. The minimum absolute atomic E-state index is 0.315. The van der Waals surface area contributed by atoms with Gasteiger partial charge in [-0.1, -0.05) is 6.92 Å². The first-order chi connectivity index (χ1) is 2.77. The van der Waals surface area contributed by atoms with Crippen molar-refractivity contribution in [1.29, 1.82) is 0 Å². The summed E-state index contributed by atoms with van der Waals surface area (Å²) in [5, 5.41) is 0.315. The van der Waals surface area contributed by atoms with E-state index in [9.17, 15) is 0 Å². The number of hydrogen-bond acceptors (Lipinski definition) is 0. The van der Waals surface area contributed by atoms with Gasteiger partial charge in [0, 0.05) is 5.38 Å². The largest absolute Gasteiger partial charge is 0.123 e. The average molecular weight is 106 g/mol. The molecular weight excluding hydrogens is 95.5 g/mol. The fraction of sp³-hybridized carbons (Fsp3) is 0.800. The smallest absolute Gasteiger partial charge is 0.0310 e. The number of hydrogen-bond donors (Lipinski definition) is 0. The molecule has 0 heterocycles. The Morgan fingerprint density at radius 1 is 1.83 bits per heavy atom. The first-order valence-corrected chi connectivity index (χ1v) is 2.63. The molecule has 1 unspecified atom stereocenters. The van der Waals surface area contributed by atoms with E-state index in [4.69, 9.17) is 11.6 Å². The molecule has 0 nitrogen and oxygen atoms in total. The van der Waals surface area contributed by atoms with Crippen molar-refractivity contribution in [3.8, 4) is 0 Å². The Balaban J connectivity index is 2.63. The molecule has 0 fully saturated rings. The van der Waals surface area contributed by atoms with E-state index in [-0.39, 0.29) is 0 Å². The third-order valence-electron chi connectivity index (χ3n) is 0.560. The van der Waals surface area contributed by atoms with Crippen molar-refractivity contribution in [3.63, 3.8) is 0 Å². The highest BCUT2D eigenvalue weighted by atomic mass is 35.5. The van der Waals surface area contributed by atoms with Crippen LogP contribution in [0.2, 0.25) is 0 Å². The molecule has 0 N–H and O–H groups in total. The molecule has 0 saturated carbocycles. The molecule has 0 aliphatic heterocycles. The maximum absolute atomic E-state index is 5.55. The van der Waals surface area contributed by atoms with Crippen molar-refractivity contribution < 1.29 is 0 Å². The average Bonchev–Trinajstić information content (AvgIpc) is 1.35. The van der Waals surface area contributed by atoms with Crippen LogP contribution in [0.3, 0.4) is 0 Å². The van der Waals surface area contributed by atoms with Gasteiger partial charge >= 0.3 is 0 Å². The van der Waals surface area contributed by atoms with Crippen LogP contribution in [-0.4, -0.2) is 5.38 Å². The van der Waals surface area contributed by atoms with Gasteiger partial charge in [0.25, 0.3) is 0 Å². The van der Waals surface area contributed by atoms with Gasteiger partial charge in [-0.25, -0.2) is 0 Å². The maximum Gasteiger partial charge on any atom is 0.0310 e. The lowest BCUT2D eigenvalue weighted by Crippen LogP contribution is -1.86. The molecule has 1 heteroatoms. The fourth-order valence-corrected chi connectivity index (χ4v) is 0.503. The summed E-state index contributed by atoms with van der Waals surface area (Å²) in [6.45, 7) is 4.00. The third kappa shape index (κ3) is 4.29. The van der Waals surface area contributed by atoms with E-state index < -0.39 is 0 Å². The summed E-state index contributed by atoms with van der Waals surface area (Å²) in [6.07, 6.45) is 3.08. The van der Waals surface area contributed by atoms with Gasteiger partial charge in [-0.05, 0) is 19.8 Å². The van der Waals surface area contributed by atoms with Gasteiger partial charge in [0.1, 0.15) is 0 Å². The lowest BCUT2D eigenvalue weighted by atomic mass is 10.3. The Bertz CT molecular complexity index is 25.1. The predicted molar refractivity (Wildman–Crippen MR) is 29.9 cm³/mol. The van der Waals surface area contributed by atoms with Crippen LogP contribution in [0.4, 0.5) is 0 Å². The molecule has 37 valence electrons. The van der Waals surface area contributed by atoms with Crippen molar-refractivity contribution in [2.24, 2.45) is 0 Å². The fourth-order valence-electron chi connectivity index (χ4n) is 0.325. The third-order valence-corrected chi connectivity index (χ3v) is 0.739. The Labute approximate surface area is 44.5 Å². The molecule has 1 atom stereocenters. The van der Waals surface area contributed by atoms with Gasteiger partial charge in [0.05, 0.1) is 0 Å². The van der Waals surface area contributed by atoms with Crippen LogP contribution in [0.25, 0.3) is 0 Å². The summed E-state index contributed by atoms with van der Waals surface area (Å²) in [4.78, 5) is 0. The normalized spacial score (nSPS) is 14.5. The number of rotatable bonds is 2. The van der Waals surface area contributed by atoms with Gasteiger partial charge in [-0.3, -0.25) is 0 Å². The molecule has 0 spiro atoms. The number of alkyl halides is 1. The van der Waals surface area contributed by atoms with E-state index >= 15 is 0 Å². The van der Waals surface area contributed by atoms with Crippen LogP contribution < -0.4 is 0 Å². The van der Waals surface area contributed by atoms with E-state index in [0.29, 0.717) is 5.38 Å². The molecule has 0 aromatic heterocycles. The first kappa shape index (κ1) is 6.29. The second kappa shape index (κ2) is 3.48. The molecule has 0 aromatic carbocycles. The van der Waals surface area contributed by atoms with Crippen LogP contribution in [0.1, 0.15) is 20.3 Å². The zero-order valence-corrected chi connectivity index (χ0v) is 5.00. The molecular formula is C5H10Cl. The monoisotopic (exact) mass is 105 g/mol. The number of halogens is 1. The molecule has 0 rings (SSSR count). The van der Waals surface area contributed by atoms with Gasteiger partial charge in [-0.15, -0.1) is 11.6 Å². The van der Waals surface area contributed by atoms with Crippen LogP contribution in [0.15, 0.2) is 0 Å². The molecule has 0 amide bonds. The van der Waals surface area contributed by atoms with Crippen molar-refractivity contribution >= 4 is 11.6 Å².